The van der Waals surface area contributed by atoms with E-state index in [1.165, 1.54) is 24.0 Å². The second-order valence-corrected chi connectivity index (χ2v) is 8.09. The molecule has 0 radical (unpaired) electrons. The van der Waals surface area contributed by atoms with Crippen molar-refractivity contribution in [2.45, 2.75) is 57.5 Å². The Balaban J connectivity index is 1.60. The first kappa shape index (κ1) is 16.1. The molecule has 0 aromatic heterocycles. The third-order valence-electron chi connectivity index (χ3n) is 7.05. The number of rotatable bonds is 2. The van der Waals surface area contributed by atoms with Gasteiger partial charge in [0.15, 0.2) is 0 Å². The van der Waals surface area contributed by atoms with Gasteiger partial charge in [-0.2, -0.15) is 0 Å². The molecule has 1 aromatic carbocycles. The number of carbonyl (C=O) groups excluding carboxylic acids is 1. The number of hydrogen-bond acceptors (Lipinski definition) is 4. The minimum Gasteiger partial charge on any atom is -0.426 e. The summed E-state index contributed by atoms with van der Waals surface area (Å²) in [5.41, 5.74) is 8.20. The Morgan fingerprint density at radius 1 is 1.33 bits per heavy atom. The zero-order chi connectivity index (χ0) is 16.9. The molecule has 0 saturated heterocycles. The number of carbonyl (C=O) groups is 1. The highest BCUT2D eigenvalue weighted by Gasteiger charge is 2.54. The molecule has 5 atom stereocenters. The topological polar surface area (TPSA) is 72.5 Å². The van der Waals surface area contributed by atoms with Crippen molar-refractivity contribution in [3.63, 3.8) is 0 Å². The average molecular weight is 329 g/mol. The quantitative estimate of drug-likeness (QED) is 0.646. The first-order chi connectivity index (χ1) is 11.5. The number of aliphatic hydroxyl groups excluding tert-OH is 1. The molecule has 2 saturated carbocycles. The van der Waals surface area contributed by atoms with Crippen molar-refractivity contribution in [2.24, 2.45) is 23.0 Å². The Hall–Kier alpha value is -1.39. The van der Waals surface area contributed by atoms with Crippen LogP contribution in [-0.2, 0) is 11.2 Å². The highest BCUT2D eigenvalue weighted by atomic mass is 16.5. The summed E-state index contributed by atoms with van der Waals surface area (Å²) in [5.74, 6) is 2.15. The molecule has 3 N–H and O–H groups in total. The van der Waals surface area contributed by atoms with Gasteiger partial charge in [0, 0.05) is 0 Å². The molecule has 0 bridgehead atoms. The van der Waals surface area contributed by atoms with Crippen molar-refractivity contribution in [3.8, 4) is 5.75 Å². The van der Waals surface area contributed by atoms with Crippen LogP contribution in [0, 0.1) is 17.3 Å². The molecule has 4 rings (SSSR count). The van der Waals surface area contributed by atoms with Gasteiger partial charge in [-0.05, 0) is 85.0 Å². The lowest BCUT2D eigenvalue weighted by atomic mass is 9.55. The third-order valence-corrected chi connectivity index (χ3v) is 7.05. The maximum atomic E-state index is 11.4. The number of nitrogens with two attached hydrogens (primary N) is 1. The van der Waals surface area contributed by atoms with Gasteiger partial charge in [0.25, 0.3) is 0 Å². The molecule has 130 valence electrons. The molecule has 4 heteroatoms. The summed E-state index contributed by atoms with van der Waals surface area (Å²) in [4.78, 5) is 11.4. The lowest BCUT2D eigenvalue weighted by molar-refractivity contribution is -0.132. The number of esters is 1. The lowest BCUT2D eigenvalue weighted by Gasteiger charge is -2.50. The molecule has 0 aliphatic heterocycles. The van der Waals surface area contributed by atoms with Crippen LogP contribution in [0.2, 0.25) is 0 Å². The van der Waals surface area contributed by atoms with Crippen LogP contribution in [0.25, 0.3) is 0 Å². The molecular weight excluding hydrogens is 302 g/mol. The number of aliphatic hydroxyl groups is 1. The first-order valence-electron chi connectivity index (χ1n) is 9.24. The molecule has 2 fully saturated rings. The van der Waals surface area contributed by atoms with Crippen molar-refractivity contribution >= 4 is 5.97 Å². The van der Waals surface area contributed by atoms with Crippen LogP contribution in [-0.4, -0.2) is 23.7 Å². The van der Waals surface area contributed by atoms with E-state index in [1.807, 2.05) is 12.1 Å². The maximum absolute atomic E-state index is 11.4. The third kappa shape index (κ3) is 2.39. The van der Waals surface area contributed by atoms with E-state index < -0.39 is 5.97 Å². The molecule has 24 heavy (non-hydrogen) atoms. The van der Waals surface area contributed by atoms with Gasteiger partial charge in [-0.3, -0.25) is 4.79 Å². The Labute approximate surface area is 143 Å². The van der Waals surface area contributed by atoms with E-state index in [9.17, 15) is 9.90 Å². The first-order valence-corrected chi connectivity index (χ1v) is 9.24. The fourth-order valence-electron chi connectivity index (χ4n) is 5.77. The molecule has 0 amide bonds. The standard InChI is InChI=1S/C20H27NO3/c1-20-9-8-15-14-5-3-13(24-19(23)11-21)10-12(14)2-4-16(15)17(20)6-7-18(20)22/h3,5,10,15-18,22H,2,4,6-9,11,21H2,1H3/t15?,16?,17?,18-,20-/m0/s1. The van der Waals surface area contributed by atoms with Crippen LogP contribution in [0.5, 0.6) is 5.75 Å². The van der Waals surface area contributed by atoms with Crippen LogP contribution in [0.4, 0.5) is 0 Å². The van der Waals surface area contributed by atoms with Gasteiger partial charge in [0.2, 0.25) is 0 Å². The molecule has 3 unspecified atom stereocenters. The molecule has 0 spiro atoms. The van der Waals surface area contributed by atoms with E-state index in [0.29, 0.717) is 23.5 Å². The minimum atomic E-state index is -0.392. The van der Waals surface area contributed by atoms with Crippen molar-refractivity contribution in [1.82, 2.24) is 0 Å². The fourth-order valence-corrected chi connectivity index (χ4v) is 5.77. The SMILES string of the molecule is C[C@]12CCC3c4ccc(OC(=O)CN)cc4CCC3C1CC[C@@H]2O. The van der Waals surface area contributed by atoms with Gasteiger partial charge >= 0.3 is 5.97 Å². The van der Waals surface area contributed by atoms with Crippen LogP contribution < -0.4 is 10.5 Å². The number of fused-ring (bicyclic) bond motifs is 5. The summed E-state index contributed by atoms with van der Waals surface area (Å²) < 4.78 is 5.27. The van der Waals surface area contributed by atoms with Crippen LogP contribution in [0.1, 0.15) is 56.1 Å². The monoisotopic (exact) mass is 329 g/mol. The number of ether oxygens (including phenoxy) is 1. The number of hydrogen-bond donors (Lipinski definition) is 2. The maximum Gasteiger partial charge on any atom is 0.325 e. The van der Waals surface area contributed by atoms with E-state index in [1.54, 1.807) is 0 Å². The summed E-state index contributed by atoms with van der Waals surface area (Å²) in [6, 6.07) is 6.09. The van der Waals surface area contributed by atoms with Crippen LogP contribution >= 0.6 is 0 Å². The molecule has 3 aliphatic carbocycles. The second-order valence-electron chi connectivity index (χ2n) is 8.09. The fraction of sp³-hybridized carbons (Fsp3) is 0.650. The highest BCUT2D eigenvalue weighted by molar-refractivity contribution is 5.74. The molecule has 1 aromatic rings. The van der Waals surface area contributed by atoms with Gasteiger partial charge in [-0.15, -0.1) is 0 Å². The van der Waals surface area contributed by atoms with Gasteiger partial charge in [0.05, 0.1) is 12.6 Å². The zero-order valence-electron chi connectivity index (χ0n) is 14.3. The van der Waals surface area contributed by atoms with E-state index in [0.717, 1.165) is 25.7 Å². The molecule has 0 heterocycles. The summed E-state index contributed by atoms with van der Waals surface area (Å²) in [5, 5.41) is 10.5. The predicted molar refractivity (Wildman–Crippen MR) is 91.8 cm³/mol. The van der Waals surface area contributed by atoms with E-state index >= 15 is 0 Å². The summed E-state index contributed by atoms with van der Waals surface area (Å²) in [7, 11) is 0. The van der Waals surface area contributed by atoms with Gasteiger partial charge in [-0.1, -0.05) is 13.0 Å². The van der Waals surface area contributed by atoms with Crippen molar-refractivity contribution in [1.29, 1.82) is 0 Å². The number of aryl methyl sites for hydroxylation is 1. The van der Waals surface area contributed by atoms with Crippen molar-refractivity contribution < 1.29 is 14.6 Å². The summed E-state index contributed by atoms with van der Waals surface area (Å²) >= 11 is 0. The molecule has 3 aliphatic rings. The van der Waals surface area contributed by atoms with E-state index in [2.05, 4.69) is 13.0 Å². The summed E-state index contributed by atoms with van der Waals surface area (Å²) in [6.45, 7) is 2.21. The number of benzene rings is 1. The minimum absolute atomic E-state index is 0.0929. The Morgan fingerprint density at radius 2 is 2.17 bits per heavy atom. The Kier molecular flexibility index (Phi) is 3.92. The Bertz CT molecular complexity index is 658. The van der Waals surface area contributed by atoms with Gasteiger partial charge in [0.1, 0.15) is 5.75 Å². The normalized spacial score (nSPS) is 37.3. The lowest BCUT2D eigenvalue weighted by Crippen LogP contribution is -2.43. The van der Waals surface area contributed by atoms with E-state index in [-0.39, 0.29) is 18.1 Å². The second kappa shape index (κ2) is 5.85. The van der Waals surface area contributed by atoms with Crippen molar-refractivity contribution in [2.75, 3.05) is 6.54 Å². The highest BCUT2D eigenvalue weighted by Crippen LogP contribution is 2.60. The van der Waals surface area contributed by atoms with Crippen LogP contribution in [0.3, 0.4) is 0 Å². The predicted octanol–water partition coefficient (Wildman–Crippen LogP) is 2.77. The largest absolute Gasteiger partial charge is 0.426 e. The van der Waals surface area contributed by atoms with E-state index in [4.69, 9.17) is 10.5 Å². The van der Waals surface area contributed by atoms with Gasteiger partial charge in [-0.25, -0.2) is 0 Å². The smallest absolute Gasteiger partial charge is 0.325 e. The molecular formula is C20H27NO3. The average Bonchev–Trinajstić information content (AvgIpc) is 2.89. The van der Waals surface area contributed by atoms with Crippen molar-refractivity contribution in [3.05, 3.63) is 29.3 Å². The van der Waals surface area contributed by atoms with Crippen LogP contribution in [0.15, 0.2) is 18.2 Å². The summed E-state index contributed by atoms with van der Waals surface area (Å²) in [6.07, 6.45) is 6.49. The Morgan fingerprint density at radius 3 is 2.96 bits per heavy atom. The molecule has 4 nitrogen and oxygen atoms in total. The van der Waals surface area contributed by atoms with Gasteiger partial charge < -0.3 is 15.6 Å². The zero-order valence-corrected chi connectivity index (χ0v) is 14.3.